The Kier molecular flexibility index (Phi) is 6.52. The van der Waals surface area contributed by atoms with Crippen molar-refractivity contribution < 1.29 is 4.74 Å². The van der Waals surface area contributed by atoms with E-state index >= 15 is 0 Å². The molecule has 0 bridgehead atoms. The van der Waals surface area contributed by atoms with E-state index in [0.717, 1.165) is 17.1 Å². The van der Waals surface area contributed by atoms with Gasteiger partial charge in [0.05, 0.1) is 16.6 Å². The standard InChI is InChI=1S/C19H18Cl2N4O/c20-16-7-6-14(12-17(16)21)13-24-18-8-9-22-19(25-18)23-10-11-26-15-4-2-1-3-5-15/h1-9,12H,10-11,13H2,(H2,22,23,24,25). The fourth-order valence-corrected chi connectivity index (χ4v) is 2.55. The second-order valence-electron chi connectivity index (χ2n) is 5.46. The molecule has 0 saturated carbocycles. The molecule has 0 fully saturated rings. The number of halogens is 2. The minimum atomic E-state index is 0.522. The van der Waals surface area contributed by atoms with Gasteiger partial charge in [-0.05, 0) is 35.9 Å². The van der Waals surface area contributed by atoms with Crippen LogP contribution in [0.4, 0.5) is 11.8 Å². The Hall–Kier alpha value is -2.50. The molecular formula is C19H18Cl2N4O. The molecule has 0 aliphatic heterocycles. The second-order valence-corrected chi connectivity index (χ2v) is 6.27. The molecule has 0 aliphatic carbocycles. The summed E-state index contributed by atoms with van der Waals surface area (Å²) in [6, 6.07) is 17.0. The SMILES string of the molecule is Clc1ccc(CNc2ccnc(NCCOc3ccccc3)n2)cc1Cl. The molecule has 26 heavy (non-hydrogen) atoms. The fraction of sp³-hybridized carbons (Fsp3) is 0.158. The molecule has 7 heteroatoms. The van der Waals surface area contributed by atoms with Crippen molar-refractivity contribution in [2.75, 3.05) is 23.8 Å². The number of hydrogen-bond donors (Lipinski definition) is 2. The van der Waals surface area contributed by atoms with Crippen molar-refractivity contribution in [2.24, 2.45) is 0 Å². The highest BCUT2D eigenvalue weighted by Crippen LogP contribution is 2.23. The molecule has 0 aliphatic rings. The summed E-state index contributed by atoms with van der Waals surface area (Å²) in [7, 11) is 0. The molecule has 5 nitrogen and oxygen atoms in total. The van der Waals surface area contributed by atoms with Crippen LogP contribution in [0.3, 0.4) is 0 Å². The molecule has 2 N–H and O–H groups in total. The van der Waals surface area contributed by atoms with E-state index in [1.54, 1.807) is 12.3 Å². The van der Waals surface area contributed by atoms with Crippen LogP contribution in [0.15, 0.2) is 60.8 Å². The van der Waals surface area contributed by atoms with Crippen molar-refractivity contribution in [3.05, 3.63) is 76.4 Å². The minimum Gasteiger partial charge on any atom is -0.492 e. The van der Waals surface area contributed by atoms with Crippen LogP contribution in [-0.4, -0.2) is 23.1 Å². The number of nitrogens with zero attached hydrogens (tertiary/aromatic N) is 2. The summed E-state index contributed by atoms with van der Waals surface area (Å²) in [4.78, 5) is 8.63. The van der Waals surface area contributed by atoms with E-state index in [-0.39, 0.29) is 0 Å². The van der Waals surface area contributed by atoms with E-state index in [4.69, 9.17) is 27.9 Å². The van der Waals surface area contributed by atoms with Crippen molar-refractivity contribution in [2.45, 2.75) is 6.54 Å². The first-order valence-electron chi connectivity index (χ1n) is 8.13. The Morgan fingerprint density at radius 3 is 2.58 bits per heavy atom. The van der Waals surface area contributed by atoms with Gasteiger partial charge in [0, 0.05) is 12.7 Å². The van der Waals surface area contributed by atoms with Gasteiger partial charge < -0.3 is 15.4 Å². The van der Waals surface area contributed by atoms with Gasteiger partial charge in [-0.2, -0.15) is 4.98 Å². The predicted octanol–water partition coefficient (Wildman–Crippen LogP) is 4.89. The molecule has 1 heterocycles. The maximum Gasteiger partial charge on any atom is 0.224 e. The molecule has 3 aromatic rings. The number of ether oxygens (including phenoxy) is 1. The van der Waals surface area contributed by atoms with Crippen LogP contribution < -0.4 is 15.4 Å². The summed E-state index contributed by atoms with van der Waals surface area (Å²) in [6.45, 7) is 1.71. The molecule has 0 amide bonds. The van der Waals surface area contributed by atoms with Gasteiger partial charge in [-0.25, -0.2) is 4.98 Å². The molecule has 0 spiro atoms. The van der Waals surface area contributed by atoms with Gasteiger partial charge in [-0.1, -0.05) is 47.5 Å². The molecule has 0 atom stereocenters. The summed E-state index contributed by atoms with van der Waals surface area (Å²) >= 11 is 12.0. The summed E-state index contributed by atoms with van der Waals surface area (Å²) in [5.74, 6) is 2.10. The molecule has 134 valence electrons. The zero-order valence-electron chi connectivity index (χ0n) is 14.0. The Balaban J connectivity index is 1.47. The van der Waals surface area contributed by atoms with Crippen LogP contribution in [0.25, 0.3) is 0 Å². The highest BCUT2D eigenvalue weighted by atomic mass is 35.5. The third kappa shape index (κ3) is 5.51. The summed E-state index contributed by atoms with van der Waals surface area (Å²) in [5, 5.41) is 7.46. The lowest BCUT2D eigenvalue weighted by Gasteiger charge is -2.10. The molecule has 0 saturated heterocycles. The number of para-hydroxylation sites is 1. The first-order chi connectivity index (χ1) is 12.7. The largest absolute Gasteiger partial charge is 0.492 e. The third-order valence-electron chi connectivity index (χ3n) is 3.51. The Bertz CT molecular complexity index is 846. The first-order valence-corrected chi connectivity index (χ1v) is 8.89. The lowest BCUT2D eigenvalue weighted by molar-refractivity contribution is 0.332. The van der Waals surface area contributed by atoms with Crippen LogP contribution >= 0.6 is 23.2 Å². The number of rotatable bonds is 8. The quantitative estimate of drug-likeness (QED) is 0.538. The monoisotopic (exact) mass is 388 g/mol. The highest BCUT2D eigenvalue weighted by molar-refractivity contribution is 6.42. The minimum absolute atomic E-state index is 0.522. The molecule has 2 aromatic carbocycles. The van der Waals surface area contributed by atoms with Gasteiger partial charge in [0.15, 0.2) is 0 Å². The normalized spacial score (nSPS) is 10.4. The maximum atomic E-state index is 6.03. The number of benzene rings is 2. The first kappa shape index (κ1) is 18.3. The number of hydrogen-bond acceptors (Lipinski definition) is 5. The molecule has 1 aromatic heterocycles. The highest BCUT2D eigenvalue weighted by Gasteiger charge is 2.02. The zero-order chi connectivity index (χ0) is 18.2. The van der Waals surface area contributed by atoms with Gasteiger partial charge in [-0.3, -0.25) is 0 Å². The van der Waals surface area contributed by atoms with E-state index in [1.807, 2.05) is 48.5 Å². The zero-order valence-corrected chi connectivity index (χ0v) is 15.5. The van der Waals surface area contributed by atoms with Crippen LogP contribution in [-0.2, 0) is 6.54 Å². The second kappa shape index (κ2) is 9.27. The molecular weight excluding hydrogens is 371 g/mol. The van der Waals surface area contributed by atoms with Crippen molar-refractivity contribution in [3.8, 4) is 5.75 Å². The Morgan fingerprint density at radius 2 is 1.77 bits per heavy atom. The van der Waals surface area contributed by atoms with Gasteiger partial charge in [-0.15, -0.1) is 0 Å². The van der Waals surface area contributed by atoms with Crippen molar-refractivity contribution in [3.63, 3.8) is 0 Å². The molecule has 0 radical (unpaired) electrons. The smallest absolute Gasteiger partial charge is 0.224 e. The molecule has 3 rings (SSSR count). The van der Waals surface area contributed by atoms with Crippen molar-refractivity contribution in [1.82, 2.24) is 9.97 Å². The van der Waals surface area contributed by atoms with Gasteiger partial charge in [0.25, 0.3) is 0 Å². The van der Waals surface area contributed by atoms with E-state index < -0.39 is 0 Å². The average molecular weight is 389 g/mol. The third-order valence-corrected chi connectivity index (χ3v) is 4.25. The summed E-state index contributed by atoms with van der Waals surface area (Å²) < 4.78 is 5.63. The van der Waals surface area contributed by atoms with Crippen LogP contribution in [0.1, 0.15) is 5.56 Å². The predicted molar refractivity (Wildman–Crippen MR) is 106 cm³/mol. The van der Waals surface area contributed by atoms with Crippen molar-refractivity contribution in [1.29, 1.82) is 0 Å². The maximum absolute atomic E-state index is 6.03. The topological polar surface area (TPSA) is 59.1 Å². The number of aromatic nitrogens is 2. The van der Waals surface area contributed by atoms with E-state index in [1.165, 1.54) is 0 Å². The number of anilines is 2. The molecule has 0 unspecified atom stereocenters. The van der Waals surface area contributed by atoms with Crippen molar-refractivity contribution >= 4 is 35.0 Å². The Labute approximate surface area is 162 Å². The van der Waals surface area contributed by atoms with E-state index in [0.29, 0.717) is 35.7 Å². The van der Waals surface area contributed by atoms with Gasteiger partial charge in [0.2, 0.25) is 5.95 Å². The van der Waals surface area contributed by atoms with E-state index in [2.05, 4.69) is 20.6 Å². The van der Waals surface area contributed by atoms with Gasteiger partial charge >= 0.3 is 0 Å². The fourth-order valence-electron chi connectivity index (χ4n) is 2.23. The van der Waals surface area contributed by atoms with Gasteiger partial charge in [0.1, 0.15) is 18.2 Å². The lowest BCUT2D eigenvalue weighted by atomic mass is 10.2. The van der Waals surface area contributed by atoms with Crippen LogP contribution in [0, 0.1) is 0 Å². The lowest BCUT2D eigenvalue weighted by Crippen LogP contribution is -2.14. The Morgan fingerprint density at radius 1 is 0.923 bits per heavy atom. The summed E-state index contributed by atoms with van der Waals surface area (Å²) in [5.41, 5.74) is 1.02. The van der Waals surface area contributed by atoms with Crippen LogP contribution in [0.5, 0.6) is 5.75 Å². The summed E-state index contributed by atoms with van der Waals surface area (Å²) in [6.07, 6.45) is 1.70. The van der Waals surface area contributed by atoms with Crippen LogP contribution in [0.2, 0.25) is 10.0 Å². The average Bonchev–Trinajstić information content (AvgIpc) is 2.67. The number of nitrogens with one attached hydrogen (secondary N) is 2. The van der Waals surface area contributed by atoms with E-state index in [9.17, 15) is 0 Å².